The SMILES string of the molecule is CC(O)C(N)C(=O)O.CS(=O)(=O)O. The molecule has 5 N–H and O–H groups in total. The topological polar surface area (TPSA) is 138 Å². The van der Waals surface area contributed by atoms with E-state index in [0.717, 1.165) is 0 Å². The number of hydrogen-bond donors (Lipinski definition) is 4. The van der Waals surface area contributed by atoms with E-state index in [2.05, 4.69) is 0 Å². The van der Waals surface area contributed by atoms with Gasteiger partial charge in [0.25, 0.3) is 10.1 Å². The fourth-order valence-corrected chi connectivity index (χ4v) is 0.206. The standard InChI is InChI=1S/C4H9NO3.CH4O3S/c1-2(6)3(5)4(7)8;1-5(2,3)4/h2-3,6H,5H2,1H3,(H,7,8);1H3,(H,2,3,4). The Labute approximate surface area is 75.9 Å². The van der Waals surface area contributed by atoms with Crippen LogP contribution in [0.4, 0.5) is 0 Å². The van der Waals surface area contributed by atoms with Crippen LogP contribution in [0.2, 0.25) is 0 Å². The summed E-state index contributed by atoms with van der Waals surface area (Å²) in [5, 5.41) is 16.6. The van der Waals surface area contributed by atoms with Crippen molar-refractivity contribution in [2.45, 2.75) is 19.1 Å². The van der Waals surface area contributed by atoms with Crippen LogP contribution in [-0.4, -0.2) is 47.6 Å². The molecule has 8 heteroatoms. The molecule has 7 nitrogen and oxygen atoms in total. The van der Waals surface area contributed by atoms with Crippen LogP contribution in [0.5, 0.6) is 0 Å². The van der Waals surface area contributed by atoms with Gasteiger partial charge in [0.1, 0.15) is 6.04 Å². The zero-order valence-electron chi connectivity index (χ0n) is 7.21. The minimum atomic E-state index is -3.67. The third-order valence-electron chi connectivity index (χ3n) is 0.805. The second-order valence-electron chi connectivity index (χ2n) is 2.34. The van der Waals surface area contributed by atoms with Crippen LogP contribution < -0.4 is 5.73 Å². The molecular formula is C5H13NO6S. The lowest BCUT2D eigenvalue weighted by Crippen LogP contribution is -2.39. The molecule has 0 aromatic carbocycles. The zero-order chi connectivity index (χ0) is 11.2. The van der Waals surface area contributed by atoms with Crippen molar-refractivity contribution in [2.24, 2.45) is 5.73 Å². The number of carboxylic acids is 1. The molecule has 0 amide bonds. The monoisotopic (exact) mass is 215 g/mol. The Balaban J connectivity index is 0. The summed E-state index contributed by atoms with van der Waals surface area (Å²) in [5.74, 6) is -1.18. The minimum Gasteiger partial charge on any atom is -0.480 e. The normalized spacial score (nSPS) is 15.2. The summed E-state index contributed by atoms with van der Waals surface area (Å²) in [5.41, 5.74) is 4.91. The molecule has 0 saturated heterocycles. The average Bonchev–Trinajstić information content (AvgIpc) is 1.81. The number of carboxylic acid groups (broad SMARTS) is 1. The zero-order valence-corrected chi connectivity index (χ0v) is 8.02. The second-order valence-corrected chi connectivity index (χ2v) is 3.80. The van der Waals surface area contributed by atoms with E-state index in [-0.39, 0.29) is 0 Å². The summed E-state index contributed by atoms with van der Waals surface area (Å²) in [6.07, 6.45) is -0.264. The van der Waals surface area contributed by atoms with E-state index in [0.29, 0.717) is 6.26 Å². The lowest BCUT2D eigenvalue weighted by atomic mass is 10.2. The van der Waals surface area contributed by atoms with E-state index in [9.17, 15) is 13.2 Å². The maximum Gasteiger partial charge on any atom is 0.323 e. The molecule has 0 spiro atoms. The fourth-order valence-electron chi connectivity index (χ4n) is 0.206. The van der Waals surface area contributed by atoms with Gasteiger partial charge in [-0.15, -0.1) is 0 Å². The largest absolute Gasteiger partial charge is 0.480 e. The van der Waals surface area contributed by atoms with Gasteiger partial charge in [0.2, 0.25) is 0 Å². The Kier molecular flexibility index (Phi) is 6.68. The Hall–Kier alpha value is -0.700. The highest BCUT2D eigenvalue weighted by atomic mass is 32.2. The number of carbonyl (C=O) groups is 1. The van der Waals surface area contributed by atoms with E-state index in [4.69, 9.17) is 20.5 Å². The summed E-state index contributed by atoms with van der Waals surface area (Å²) < 4.78 is 25.9. The Morgan fingerprint density at radius 3 is 1.69 bits per heavy atom. The molecule has 2 atom stereocenters. The maximum atomic E-state index is 9.86. The Bertz CT molecular complexity index is 238. The highest BCUT2D eigenvalue weighted by molar-refractivity contribution is 7.85. The fraction of sp³-hybridized carbons (Fsp3) is 0.800. The summed E-state index contributed by atoms with van der Waals surface area (Å²) in [4.78, 5) is 9.86. The first-order chi connectivity index (χ1) is 5.55. The lowest BCUT2D eigenvalue weighted by Gasteiger charge is -2.06. The van der Waals surface area contributed by atoms with Gasteiger partial charge in [-0.05, 0) is 6.92 Å². The van der Waals surface area contributed by atoms with Gasteiger partial charge in [-0.25, -0.2) is 0 Å². The van der Waals surface area contributed by atoms with Gasteiger partial charge < -0.3 is 15.9 Å². The highest BCUT2D eigenvalue weighted by Crippen LogP contribution is 1.85. The number of aliphatic hydroxyl groups is 1. The molecule has 0 heterocycles. The smallest absolute Gasteiger partial charge is 0.323 e. The van der Waals surface area contributed by atoms with Crippen molar-refractivity contribution in [3.05, 3.63) is 0 Å². The van der Waals surface area contributed by atoms with Gasteiger partial charge in [-0.1, -0.05) is 0 Å². The maximum absolute atomic E-state index is 9.86. The molecule has 0 bridgehead atoms. The van der Waals surface area contributed by atoms with Crippen molar-refractivity contribution in [1.82, 2.24) is 0 Å². The van der Waals surface area contributed by atoms with Crippen molar-refractivity contribution in [2.75, 3.05) is 6.26 Å². The molecule has 0 radical (unpaired) electrons. The van der Waals surface area contributed by atoms with Crippen molar-refractivity contribution >= 4 is 16.1 Å². The van der Waals surface area contributed by atoms with E-state index >= 15 is 0 Å². The van der Waals surface area contributed by atoms with E-state index < -0.39 is 28.2 Å². The van der Waals surface area contributed by atoms with E-state index in [1.807, 2.05) is 0 Å². The van der Waals surface area contributed by atoms with Gasteiger partial charge in [0.05, 0.1) is 12.4 Å². The predicted molar refractivity (Wildman–Crippen MR) is 44.8 cm³/mol. The number of hydrogen-bond acceptors (Lipinski definition) is 5. The van der Waals surface area contributed by atoms with Crippen LogP contribution in [0.15, 0.2) is 0 Å². The van der Waals surface area contributed by atoms with Crippen LogP contribution >= 0.6 is 0 Å². The van der Waals surface area contributed by atoms with Crippen molar-refractivity contribution in [3.63, 3.8) is 0 Å². The lowest BCUT2D eigenvalue weighted by molar-refractivity contribution is -0.140. The minimum absolute atomic E-state index is 0.715. The molecule has 0 saturated carbocycles. The second kappa shape index (κ2) is 5.86. The van der Waals surface area contributed by atoms with Crippen LogP contribution in [0, 0.1) is 0 Å². The quantitative estimate of drug-likeness (QED) is 0.402. The summed E-state index contributed by atoms with van der Waals surface area (Å²) in [6, 6.07) is -1.16. The van der Waals surface area contributed by atoms with E-state index in [1.165, 1.54) is 6.92 Å². The van der Waals surface area contributed by atoms with Crippen molar-refractivity contribution < 1.29 is 28.0 Å². The van der Waals surface area contributed by atoms with Crippen molar-refractivity contribution in [3.8, 4) is 0 Å². The van der Waals surface area contributed by atoms with Gasteiger partial charge >= 0.3 is 5.97 Å². The number of rotatable bonds is 2. The molecule has 0 aromatic heterocycles. The van der Waals surface area contributed by atoms with Gasteiger partial charge in [0.15, 0.2) is 0 Å². The molecule has 0 aliphatic rings. The number of nitrogens with two attached hydrogens (primary N) is 1. The molecule has 0 aliphatic carbocycles. The average molecular weight is 215 g/mol. The third kappa shape index (κ3) is 18.3. The van der Waals surface area contributed by atoms with Crippen LogP contribution in [-0.2, 0) is 14.9 Å². The number of aliphatic hydroxyl groups excluding tert-OH is 1. The van der Waals surface area contributed by atoms with Crippen LogP contribution in [0.3, 0.4) is 0 Å². The molecule has 13 heavy (non-hydrogen) atoms. The number of aliphatic carboxylic acids is 1. The molecule has 0 aliphatic heterocycles. The molecule has 80 valence electrons. The molecule has 0 aromatic rings. The molecule has 0 rings (SSSR count). The Morgan fingerprint density at radius 1 is 1.46 bits per heavy atom. The van der Waals surface area contributed by atoms with Gasteiger partial charge in [0, 0.05) is 0 Å². The molecular weight excluding hydrogens is 202 g/mol. The van der Waals surface area contributed by atoms with Gasteiger partial charge in [-0.2, -0.15) is 8.42 Å². The third-order valence-corrected chi connectivity index (χ3v) is 0.805. The van der Waals surface area contributed by atoms with Crippen LogP contribution in [0.1, 0.15) is 6.92 Å². The summed E-state index contributed by atoms with van der Waals surface area (Å²) in [7, 11) is -3.67. The van der Waals surface area contributed by atoms with E-state index in [1.54, 1.807) is 0 Å². The summed E-state index contributed by atoms with van der Waals surface area (Å²) >= 11 is 0. The van der Waals surface area contributed by atoms with Gasteiger partial charge in [-0.3, -0.25) is 9.35 Å². The van der Waals surface area contributed by atoms with Crippen LogP contribution in [0.25, 0.3) is 0 Å². The van der Waals surface area contributed by atoms with Crippen molar-refractivity contribution in [1.29, 1.82) is 0 Å². The Morgan fingerprint density at radius 2 is 1.69 bits per heavy atom. The predicted octanol–water partition coefficient (Wildman–Crippen LogP) is -1.72. The molecule has 0 fully saturated rings. The highest BCUT2D eigenvalue weighted by Gasteiger charge is 2.16. The first-order valence-electron chi connectivity index (χ1n) is 3.14. The molecule has 2 unspecified atom stereocenters. The first-order valence-corrected chi connectivity index (χ1v) is 4.99. The first kappa shape index (κ1) is 14.8. The summed E-state index contributed by atoms with van der Waals surface area (Å²) in [6.45, 7) is 1.33.